The van der Waals surface area contributed by atoms with Crippen LogP contribution in [0, 0.1) is 0 Å². The first-order valence-electron chi connectivity index (χ1n) is 8.20. The summed E-state index contributed by atoms with van der Waals surface area (Å²) in [5, 5.41) is 3.35. The Hall–Kier alpha value is -3.12. The Morgan fingerprint density at radius 3 is 2.77 bits per heavy atom. The van der Waals surface area contributed by atoms with E-state index in [4.69, 9.17) is 13.9 Å². The number of nitrogens with one attached hydrogen (secondary N) is 1. The molecule has 0 fully saturated rings. The Morgan fingerprint density at radius 2 is 2.00 bits per heavy atom. The monoisotopic (exact) mass is 353 g/mol. The summed E-state index contributed by atoms with van der Waals surface area (Å²) in [5.41, 5.74) is 1.52. The van der Waals surface area contributed by atoms with Gasteiger partial charge in [-0.1, -0.05) is 12.1 Å². The van der Waals surface area contributed by atoms with Crippen LogP contribution in [0.1, 0.15) is 22.8 Å². The van der Waals surface area contributed by atoms with Gasteiger partial charge in [-0.25, -0.2) is 4.79 Å². The quantitative estimate of drug-likeness (QED) is 0.685. The highest BCUT2D eigenvalue weighted by Crippen LogP contribution is 2.23. The number of anilines is 1. The molecular formula is C20H19NO5. The van der Waals surface area contributed by atoms with Gasteiger partial charge in [-0.2, -0.15) is 0 Å². The number of fused-ring (bicyclic) bond motifs is 1. The van der Waals surface area contributed by atoms with E-state index >= 15 is 0 Å². The number of ether oxygens (including phenoxy) is 2. The molecule has 0 spiro atoms. The van der Waals surface area contributed by atoms with Crippen LogP contribution >= 0.6 is 0 Å². The van der Waals surface area contributed by atoms with Crippen LogP contribution in [0.15, 0.2) is 57.7 Å². The molecule has 0 atom stereocenters. The molecular weight excluding hydrogens is 334 g/mol. The molecule has 1 amide bonds. The van der Waals surface area contributed by atoms with Gasteiger partial charge < -0.3 is 19.2 Å². The van der Waals surface area contributed by atoms with Crippen molar-refractivity contribution in [1.29, 1.82) is 0 Å². The Kier molecular flexibility index (Phi) is 5.34. The number of hydrogen-bond donors (Lipinski definition) is 1. The van der Waals surface area contributed by atoms with Crippen molar-refractivity contribution in [3.63, 3.8) is 0 Å². The molecule has 0 radical (unpaired) electrons. The molecule has 0 saturated heterocycles. The SMILES string of the molecule is CCOc1ccc2c(C(=O)Nc3cccc(COC)c3)cc(=O)oc2c1. The molecule has 26 heavy (non-hydrogen) atoms. The van der Waals surface area contributed by atoms with Crippen LogP contribution in [-0.4, -0.2) is 19.6 Å². The van der Waals surface area contributed by atoms with E-state index in [0.29, 0.717) is 35.6 Å². The highest BCUT2D eigenvalue weighted by Gasteiger charge is 2.14. The Bertz CT molecular complexity index is 993. The minimum absolute atomic E-state index is 0.247. The normalized spacial score (nSPS) is 10.7. The fourth-order valence-electron chi connectivity index (χ4n) is 2.69. The number of methoxy groups -OCH3 is 1. The predicted octanol–water partition coefficient (Wildman–Crippen LogP) is 3.59. The lowest BCUT2D eigenvalue weighted by molar-refractivity contribution is 0.102. The van der Waals surface area contributed by atoms with E-state index in [-0.39, 0.29) is 11.5 Å². The van der Waals surface area contributed by atoms with Crippen LogP contribution in [-0.2, 0) is 11.3 Å². The molecule has 6 nitrogen and oxygen atoms in total. The van der Waals surface area contributed by atoms with Gasteiger partial charge in [-0.15, -0.1) is 0 Å². The van der Waals surface area contributed by atoms with Gasteiger partial charge in [0.15, 0.2) is 0 Å². The van der Waals surface area contributed by atoms with E-state index in [9.17, 15) is 9.59 Å². The molecule has 0 unspecified atom stereocenters. The van der Waals surface area contributed by atoms with Crippen LogP contribution in [0.2, 0.25) is 0 Å². The lowest BCUT2D eigenvalue weighted by atomic mass is 10.1. The van der Waals surface area contributed by atoms with Gasteiger partial charge in [-0.3, -0.25) is 4.79 Å². The molecule has 0 bridgehead atoms. The van der Waals surface area contributed by atoms with E-state index in [1.807, 2.05) is 25.1 Å². The van der Waals surface area contributed by atoms with Crippen molar-refractivity contribution in [1.82, 2.24) is 0 Å². The van der Waals surface area contributed by atoms with Crippen LogP contribution < -0.4 is 15.7 Å². The maximum absolute atomic E-state index is 12.7. The molecule has 1 heterocycles. The van der Waals surface area contributed by atoms with E-state index < -0.39 is 5.63 Å². The summed E-state index contributed by atoms with van der Waals surface area (Å²) in [5.74, 6) is 0.189. The fourth-order valence-corrected chi connectivity index (χ4v) is 2.69. The summed E-state index contributed by atoms with van der Waals surface area (Å²) in [6.07, 6.45) is 0. The summed E-state index contributed by atoms with van der Waals surface area (Å²) in [7, 11) is 1.61. The summed E-state index contributed by atoms with van der Waals surface area (Å²) in [6, 6.07) is 13.6. The third-order valence-corrected chi connectivity index (χ3v) is 3.77. The lowest BCUT2D eigenvalue weighted by Crippen LogP contribution is -2.15. The number of hydrogen-bond acceptors (Lipinski definition) is 5. The summed E-state index contributed by atoms with van der Waals surface area (Å²) in [4.78, 5) is 24.6. The van der Waals surface area contributed by atoms with Crippen molar-refractivity contribution in [2.45, 2.75) is 13.5 Å². The molecule has 1 aromatic heterocycles. The predicted molar refractivity (Wildman–Crippen MR) is 98.8 cm³/mol. The zero-order chi connectivity index (χ0) is 18.5. The topological polar surface area (TPSA) is 77.8 Å². The summed E-state index contributed by atoms with van der Waals surface area (Å²) >= 11 is 0. The van der Waals surface area contributed by atoms with Crippen LogP contribution in [0.3, 0.4) is 0 Å². The second kappa shape index (κ2) is 7.84. The number of amides is 1. The zero-order valence-electron chi connectivity index (χ0n) is 14.6. The number of carbonyl (C=O) groups excluding carboxylic acids is 1. The van der Waals surface area contributed by atoms with Gasteiger partial charge in [-0.05, 0) is 36.8 Å². The van der Waals surface area contributed by atoms with Crippen molar-refractivity contribution >= 4 is 22.6 Å². The summed E-state index contributed by atoms with van der Waals surface area (Å²) in [6.45, 7) is 2.80. The van der Waals surface area contributed by atoms with Gasteiger partial charge in [0.25, 0.3) is 5.91 Å². The van der Waals surface area contributed by atoms with E-state index in [1.165, 1.54) is 6.07 Å². The molecule has 0 aliphatic carbocycles. The second-order valence-corrected chi connectivity index (χ2v) is 5.66. The zero-order valence-corrected chi connectivity index (χ0v) is 14.6. The largest absolute Gasteiger partial charge is 0.494 e. The number of rotatable bonds is 6. The first-order valence-corrected chi connectivity index (χ1v) is 8.20. The lowest BCUT2D eigenvalue weighted by Gasteiger charge is -2.10. The third-order valence-electron chi connectivity index (χ3n) is 3.77. The minimum atomic E-state index is -0.593. The Balaban J connectivity index is 1.95. The van der Waals surface area contributed by atoms with Crippen molar-refractivity contribution in [3.8, 4) is 5.75 Å². The van der Waals surface area contributed by atoms with Crippen LogP contribution in [0.4, 0.5) is 5.69 Å². The maximum atomic E-state index is 12.7. The molecule has 3 aromatic rings. The van der Waals surface area contributed by atoms with Crippen molar-refractivity contribution in [2.24, 2.45) is 0 Å². The molecule has 2 aromatic carbocycles. The summed E-state index contributed by atoms with van der Waals surface area (Å²) < 4.78 is 15.7. The molecule has 134 valence electrons. The molecule has 0 aliphatic rings. The van der Waals surface area contributed by atoms with Gasteiger partial charge in [0.1, 0.15) is 11.3 Å². The molecule has 0 aliphatic heterocycles. The van der Waals surface area contributed by atoms with Crippen molar-refractivity contribution in [3.05, 3.63) is 70.1 Å². The molecule has 3 rings (SSSR count). The molecule has 0 saturated carbocycles. The molecule has 1 N–H and O–H groups in total. The first kappa shape index (κ1) is 17.7. The fraction of sp³-hybridized carbons (Fsp3) is 0.200. The van der Waals surface area contributed by atoms with Crippen LogP contribution in [0.5, 0.6) is 5.75 Å². The van der Waals surface area contributed by atoms with Gasteiger partial charge in [0, 0.05) is 30.3 Å². The van der Waals surface area contributed by atoms with Crippen molar-refractivity contribution < 1.29 is 18.7 Å². The second-order valence-electron chi connectivity index (χ2n) is 5.66. The van der Waals surface area contributed by atoms with Crippen LogP contribution in [0.25, 0.3) is 11.0 Å². The number of carbonyl (C=O) groups is 1. The maximum Gasteiger partial charge on any atom is 0.337 e. The average Bonchev–Trinajstić information content (AvgIpc) is 2.61. The first-order chi connectivity index (χ1) is 12.6. The van der Waals surface area contributed by atoms with E-state index in [2.05, 4.69) is 5.32 Å². The Labute approximate surface area is 150 Å². The molecule has 6 heteroatoms. The highest BCUT2D eigenvalue weighted by atomic mass is 16.5. The minimum Gasteiger partial charge on any atom is -0.494 e. The smallest absolute Gasteiger partial charge is 0.337 e. The van der Waals surface area contributed by atoms with E-state index in [0.717, 1.165) is 5.56 Å². The number of benzene rings is 2. The average molecular weight is 353 g/mol. The van der Waals surface area contributed by atoms with Gasteiger partial charge in [0.05, 0.1) is 18.8 Å². The standard InChI is InChI=1S/C20H19NO5/c1-3-25-15-7-8-16-17(11-19(22)26-18(16)10-15)20(23)21-14-6-4-5-13(9-14)12-24-2/h4-11H,3,12H2,1-2H3,(H,21,23). The highest BCUT2D eigenvalue weighted by molar-refractivity contribution is 6.12. The Morgan fingerprint density at radius 1 is 1.15 bits per heavy atom. The van der Waals surface area contributed by atoms with Gasteiger partial charge in [0.2, 0.25) is 0 Å². The van der Waals surface area contributed by atoms with Crippen molar-refractivity contribution in [2.75, 3.05) is 19.0 Å². The van der Waals surface area contributed by atoms with E-state index in [1.54, 1.807) is 31.4 Å². The third kappa shape index (κ3) is 3.92. The van der Waals surface area contributed by atoms with Gasteiger partial charge >= 0.3 is 5.63 Å².